The number of thioether (sulfide) groups is 1. The predicted octanol–water partition coefficient (Wildman–Crippen LogP) is 4.94. The molecule has 6 bridgehead atoms. The number of nitrogens with zero attached hydrogens (tertiary/aromatic N) is 9. The van der Waals surface area contributed by atoms with Crippen molar-refractivity contribution in [2.24, 2.45) is 16.5 Å². The van der Waals surface area contributed by atoms with E-state index < -0.39 is 101 Å². The van der Waals surface area contributed by atoms with Crippen LogP contribution in [-0.4, -0.2) is 165 Å². The molecule has 2 fully saturated rings. The Bertz CT molecular complexity index is 4790. The monoisotopic (exact) mass is 1500 g/mol. The van der Waals surface area contributed by atoms with Gasteiger partial charge >= 0.3 is 0 Å². The van der Waals surface area contributed by atoms with Crippen molar-refractivity contribution in [1.82, 2.24) is 76.9 Å². The highest BCUT2D eigenvalue weighted by Gasteiger charge is 2.41. The van der Waals surface area contributed by atoms with Gasteiger partial charge in [-0.15, -0.1) is 57.1 Å². The number of aromatic hydroxyl groups is 1. The van der Waals surface area contributed by atoms with Gasteiger partial charge in [0.2, 0.25) is 29.5 Å². The summed E-state index contributed by atoms with van der Waals surface area (Å²) in [6, 6.07) is 12.7. The number of pyridine rings is 1. The first-order chi connectivity index (χ1) is 49.9. The molecule has 7 unspecified atom stereocenters. The van der Waals surface area contributed by atoms with Crippen molar-refractivity contribution in [2.75, 3.05) is 25.4 Å². The second kappa shape index (κ2) is 31.7. The highest BCUT2D eigenvalue weighted by molar-refractivity contribution is 8.14. The Hall–Kier alpha value is -11.0. The summed E-state index contributed by atoms with van der Waals surface area (Å²) in [5.74, 6) is -6.30. The van der Waals surface area contributed by atoms with E-state index >= 15 is 0 Å². The number of fused-ring (bicyclic) bond motifs is 7. The number of aliphatic imine (C=N–C) groups is 1. The number of hydrogen-bond donors (Lipinski definition) is 10. The molecule has 30 nitrogen and oxygen atoms in total. The highest BCUT2D eigenvalue weighted by Crippen LogP contribution is 2.39. The van der Waals surface area contributed by atoms with Crippen LogP contribution in [0.15, 0.2) is 134 Å². The van der Waals surface area contributed by atoms with Crippen LogP contribution in [0.4, 0.5) is 0 Å². The predicted molar refractivity (Wildman–Crippen MR) is 388 cm³/mol. The van der Waals surface area contributed by atoms with Gasteiger partial charge in [-0.2, -0.15) is 0 Å². The van der Waals surface area contributed by atoms with Gasteiger partial charge in [0.15, 0.2) is 5.69 Å². The number of aromatic nitrogens is 6. The summed E-state index contributed by atoms with van der Waals surface area (Å²) in [5.41, 5.74) is 12.6. The number of oxazole rings is 1. The first-order valence-corrected chi connectivity index (χ1v) is 37.1. The van der Waals surface area contributed by atoms with Gasteiger partial charge in [0.05, 0.1) is 39.6 Å². The van der Waals surface area contributed by atoms with Crippen molar-refractivity contribution in [3.8, 4) is 39.3 Å². The number of carbonyl (C=O) groups is 10. The number of primary amides is 1. The van der Waals surface area contributed by atoms with Crippen LogP contribution in [0, 0.1) is 6.92 Å². The van der Waals surface area contributed by atoms with Gasteiger partial charge in [-0.1, -0.05) is 62.2 Å². The van der Waals surface area contributed by atoms with Crippen molar-refractivity contribution >= 4 is 121 Å². The molecular weight excluding hydrogens is 1430 g/mol. The maximum atomic E-state index is 15.0. The third-order valence-electron chi connectivity index (χ3n) is 17.3. The molecule has 10 amide bonds. The van der Waals surface area contributed by atoms with E-state index in [0.29, 0.717) is 63.4 Å². The van der Waals surface area contributed by atoms with Crippen LogP contribution in [0.1, 0.15) is 119 Å². The maximum Gasteiger partial charge on any atom is 0.276 e. The fourth-order valence-electron chi connectivity index (χ4n) is 11.8. The third kappa shape index (κ3) is 16.6. The minimum atomic E-state index is -1.08. The molecule has 2 saturated heterocycles. The van der Waals surface area contributed by atoms with Crippen LogP contribution in [0.2, 0.25) is 0 Å². The van der Waals surface area contributed by atoms with Crippen LogP contribution < -0.4 is 48.7 Å². The lowest BCUT2D eigenvalue weighted by Gasteiger charge is -2.29. The zero-order valence-corrected chi connectivity index (χ0v) is 59.8. The minimum Gasteiger partial charge on any atom is -0.508 e. The molecule has 536 valence electrons. The van der Waals surface area contributed by atoms with Crippen molar-refractivity contribution in [3.05, 3.63) is 180 Å². The van der Waals surface area contributed by atoms with Crippen LogP contribution in [0.25, 0.3) is 33.5 Å². The zero-order valence-electron chi connectivity index (χ0n) is 55.8. The van der Waals surface area contributed by atoms with Crippen molar-refractivity contribution < 1.29 is 57.5 Å². The van der Waals surface area contributed by atoms with E-state index in [-0.39, 0.29) is 118 Å². The topological polar surface area (TPSA) is 436 Å². The molecule has 0 saturated carbocycles. The lowest BCUT2D eigenvalue weighted by molar-refractivity contribution is -0.137. The fraction of sp³-hybridized carbons (Fsp3) is 0.290. The number of nitrogens with one attached hydrogen (secondary N) is 7. The van der Waals surface area contributed by atoms with Gasteiger partial charge in [0.25, 0.3) is 35.4 Å². The molecule has 0 aliphatic carbocycles. The zero-order chi connectivity index (χ0) is 73.6. The van der Waals surface area contributed by atoms with Crippen LogP contribution >= 0.6 is 57.1 Å². The summed E-state index contributed by atoms with van der Waals surface area (Å²) in [7, 11) is 0. The standard InChI is InChI=1S/C69H68N18O12S5/c1-32(26-70)72-56(90)34(3)75-62(96)50-13-9-21-86(50)69(98)53-36(5)99-63(85-53)41-20-19-40(64-82-47(29-101-64)58(92)74-35(4)57(91)73-33(2)55(71)89)54(77-41)45-27-102-66(81-45)43-25-52-76-46(28-100-52)59(93)78-42(23-37-11-7-6-8-12-37)65-83-48(30-103-65)61(95)80-44(24-38-15-17-39(88)18-16-38)68(97)87-22-10-14-51(87)67-84-49(31-104-67)60(94)79-43/h6-8,11-12,15-20,27-29,31,33,42-44,48,50-51,88H,1,3-4,9-10,13-14,21-26,30,70H2,2,5H3,(H2,71,89)(H,72,90)(H,73,91)(H,74,92)(H,75,96)(H,78,93)(H,79,94)(H,80,95). The number of phenolic OH excluding ortho intramolecular Hbond substituents is 1. The Kier molecular flexibility index (Phi) is 22.2. The van der Waals surface area contributed by atoms with Gasteiger partial charge in [0, 0.05) is 71.0 Å². The van der Waals surface area contributed by atoms with Gasteiger partial charge in [-0.05, 0) is 81.3 Å². The normalized spacial score (nSPS) is 19.4. The Balaban J connectivity index is 0.892. The average molecular weight is 1500 g/mol. The molecule has 35 heteroatoms. The largest absolute Gasteiger partial charge is 0.508 e. The van der Waals surface area contributed by atoms with E-state index in [1.807, 2.05) is 30.3 Å². The maximum absolute atomic E-state index is 15.0. The number of benzene rings is 2. The summed E-state index contributed by atoms with van der Waals surface area (Å²) in [4.78, 5) is 175. The number of hydrogen-bond acceptors (Lipinski definition) is 25. The molecule has 6 aromatic heterocycles. The van der Waals surface area contributed by atoms with Crippen molar-refractivity contribution in [1.29, 1.82) is 0 Å². The average Bonchev–Trinajstić information content (AvgIpc) is 1.61. The molecule has 7 atom stereocenters. The van der Waals surface area contributed by atoms with Gasteiger partial charge in [-0.25, -0.2) is 29.9 Å². The second-order valence-corrected chi connectivity index (χ2v) is 29.2. The number of amides is 10. The number of rotatable bonds is 19. The van der Waals surface area contributed by atoms with E-state index in [2.05, 4.69) is 66.9 Å². The molecule has 4 aliphatic rings. The second-order valence-electron chi connectivity index (χ2n) is 24.6. The number of carbonyl (C=O) groups excluding carboxylic acids is 10. The summed E-state index contributed by atoms with van der Waals surface area (Å²) in [6.45, 7) is 14.3. The number of likely N-dealkylation sites (tertiary alicyclic amines) is 1. The molecule has 104 heavy (non-hydrogen) atoms. The highest BCUT2D eigenvalue weighted by atomic mass is 32.2. The SMILES string of the molecule is C=C(CN)NC(=O)C(=C)NC(=O)C1CCCN1C(=O)c1nc(-c2ccc(-c3nc(C(=O)NC(=C)C(=O)NC(C)C(N)=O)cs3)c(-c3csc(C4Cc5nc(cs5)C(=O)NC(Cc5ccccc5)C5=NC(CS5)C(=O)NC(Cc5ccc(O)cc5)C(=O)N5CCCC5c5nc(cs5)C(=O)N4)n3)n2)oc1C. The van der Waals surface area contributed by atoms with Crippen LogP contribution in [0.3, 0.4) is 0 Å². The lowest BCUT2D eigenvalue weighted by Crippen LogP contribution is -2.51. The van der Waals surface area contributed by atoms with E-state index in [9.17, 15) is 53.1 Å². The Morgan fingerprint density at radius 1 is 0.721 bits per heavy atom. The number of aryl methyl sites for hydroxylation is 1. The van der Waals surface area contributed by atoms with Gasteiger partial charge in [0.1, 0.15) is 84.9 Å². The number of nitrogens with two attached hydrogens (primary N) is 2. The van der Waals surface area contributed by atoms with E-state index in [1.165, 1.54) is 70.7 Å². The first-order valence-electron chi connectivity index (χ1n) is 32.6. The summed E-state index contributed by atoms with van der Waals surface area (Å²) < 4.78 is 6.18. The fourth-order valence-corrected chi connectivity index (χ4v) is 16.3. The molecule has 0 radical (unpaired) electrons. The lowest BCUT2D eigenvalue weighted by atomic mass is 10.0. The van der Waals surface area contributed by atoms with E-state index in [0.717, 1.165) is 28.2 Å². The quantitative estimate of drug-likeness (QED) is 0.0479. The molecule has 12 rings (SSSR count). The van der Waals surface area contributed by atoms with Crippen molar-refractivity contribution in [2.45, 2.75) is 101 Å². The van der Waals surface area contributed by atoms with Crippen LogP contribution in [-0.2, 0) is 48.0 Å². The van der Waals surface area contributed by atoms with E-state index in [4.69, 9.17) is 40.8 Å². The Morgan fingerprint density at radius 3 is 2.18 bits per heavy atom. The molecule has 0 spiro atoms. The minimum absolute atomic E-state index is 0.00918. The molecule has 4 aliphatic heterocycles. The number of thiazole rings is 4. The Labute approximate surface area is 613 Å². The van der Waals surface area contributed by atoms with Gasteiger partial charge in [-0.3, -0.25) is 52.9 Å². The summed E-state index contributed by atoms with van der Waals surface area (Å²) in [5, 5.41) is 37.4. The molecule has 12 N–H and O–H groups in total. The smallest absolute Gasteiger partial charge is 0.276 e. The molecule has 2 aromatic carbocycles. The molecular formula is C69H68N18O12S5. The van der Waals surface area contributed by atoms with Gasteiger partial charge < -0.3 is 68.0 Å². The number of phenols is 1. The summed E-state index contributed by atoms with van der Waals surface area (Å²) in [6.07, 6.45) is 2.21. The third-order valence-corrected chi connectivity index (χ3v) is 22.1. The summed E-state index contributed by atoms with van der Waals surface area (Å²) >= 11 is 5.89. The first kappa shape index (κ1) is 72.8. The molecule has 8 aromatic rings. The van der Waals surface area contributed by atoms with Crippen LogP contribution in [0.5, 0.6) is 5.75 Å². The molecule has 10 heterocycles. The Morgan fingerprint density at radius 2 is 1.41 bits per heavy atom. The van der Waals surface area contributed by atoms with Crippen molar-refractivity contribution in [3.63, 3.8) is 0 Å². The van der Waals surface area contributed by atoms with E-state index in [1.54, 1.807) is 45.3 Å².